The zero-order chi connectivity index (χ0) is 60.4. The topological polar surface area (TPSA) is 308 Å². The molecule has 24 nitrogen and oxygen atoms in total. The maximum Gasteiger partial charge on any atom is 0.411 e. The van der Waals surface area contributed by atoms with Crippen molar-refractivity contribution < 1.29 is 102 Å². The Labute approximate surface area is 511 Å². The molecule has 8 N–H and O–H groups in total. The number of aliphatic hydroxyl groups excluding tert-OH is 4. The maximum atomic E-state index is 14.4. The van der Waals surface area contributed by atoms with Crippen molar-refractivity contribution >= 4 is 82.8 Å². The van der Waals surface area contributed by atoms with E-state index in [1.165, 1.54) is 64.9 Å². The Morgan fingerprint density at radius 1 is 0.880 bits per heavy atom. The smallest absolute Gasteiger partial charge is 0.411 e. The fourth-order valence-electron chi connectivity index (χ4n) is 10.3. The molecule has 1 amide bonds. The third-order valence-corrected chi connectivity index (χ3v) is 21.1. The van der Waals surface area contributed by atoms with Crippen molar-refractivity contribution in [1.29, 1.82) is 0 Å². The lowest BCUT2D eigenvalue weighted by Gasteiger charge is -2.46. The number of benzene rings is 1. The van der Waals surface area contributed by atoms with E-state index in [1.807, 2.05) is 28.8 Å². The molecular weight excluding hydrogens is 1280 g/mol. The normalized spacial score (nSPS) is 35.8. The molecule has 4 saturated heterocycles. The van der Waals surface area contributed by atoms with Crippen LogP contribution in [0.2, 0.25) is 0 Å². The summed E-state index contributed by atoms with van der Waals surface area (Å²) < 4.78 is 72.3. The van der Waals surface area contributed by atoms with E-state index in [1.54, 1.807) is 47.9 Å². The third-order valence-electron chi connectivity index (χ3n) is 14.7. The zero-order valence-electron chi connectivity index (χ0n) is 47.4. The van der Waals surface area contributed by atoms with Crippen LogP contribution in [-0.2, 0) is 52.3 Å². The second-order valence-corrected chi connectivity index (χ2v) is 26.4. The molecular formula is C54H72IN3O21S4. The predicted octanol–water partition coefficient (Wildman–Crippen LogP) is 2.81. The van der Waals surface area contributed by atoms with Crippen LogP contribution in [0.4, 0.5) is 4.79 Å². The second kappa shape index (κ2) is 30.8. The van der Waals surface area contributed by atoms with Crippen LogP contribution in [0.5, 0.6) is 17.2 Å². The molecule has 1 aromatic carbocycles. The molecule has 4 fully saturated rings. The summed E-state index contributed by atoms with van der Waals surface area (Å²) in [5, 5.41) is 62.4. The summed E-state index contributed by atoms with van der Waals surface area (Å²) in [4.78, 5) is 47.5. The summed E-state index contributed by atoms with van der Waals surface area (Å²) in [7, 11) is 13.0. The quantitative estimate of drug-likeness (QED) is 0.0289. The number of carbonyl (C=O) groups is 3. The van der Waals surface area contributed by atoms with Gasteiger partial charge in [-0.05, 0) is 91.1 Å². The van der Waals surface area contributed by atoms with Crippen molar-refractivity contribution in [3.05, 3.63) is 49.8 Å². The molecule has 29 heteroatoms. The third kappa shape index (κ3) is 15.5. The Hall–Kier alpha value is -2.94. The number of Topliss-reactive ketones (excluding diaryl/α,β-unsaturated/α-hetero) is 1. The number of nitrogens with one attached hydrogen (secondary N) is 3. The molecule has 0 saturated carbocycles. The van der Waals surface area contributed by atoms with Crippen LogP contribution >= 0.6 is 65.8 Å². The molecule has 460 valence electrons. The lowest BCUT2D eigenvalue weighted by molar-refractivity contribution is -0.336. The van der Waals surface area contributed by atoms with Crippen molar-refractivity contribution in [3.8, 4) is 40.9 Å². The van der Waals surface area contributed by atoms with Gasteiger partial charge in [-0.25, -0.2) is 4.79 Å². The molecule has 2 aliphatic carbocycles. The van der Waals surface area contributed by atoms with Gasteiger partial charge in [0.2, 0.25) is 17.2 Å². The fourth-order valence-corrected chi connectivity index (χ4v) is 14.5. The average molecular weight is 1350 g/mol. The number of ketones is 1. The van der Waals surface area contributed by atoms with E-state index in [0.717, 1.165) is 18.9 Å². The van der Waals surface area contributed by atoms with Crippen molar-refractivity contribution in [2.24, 2.45) is 0 Å². The number of hydroxylamine groups is 1. The van der Waals surface area contributed by atoms with Gasteiger partial charge in [0.1, 0.15) is 36.6 Å². The minimum Gasteiger partial charge on any atom is -0.492 e. The lowest BCUT2D eigenvalue weighted by Crippen LogP contribution is -2.65. The van der Waals surface area contributed by atoms with Gasteiger partial charge in [-0.1, -0.05) is 63.1 Å². The molecule has 19 unspecified atom stereocenters. The Morgan fingerprint density at radius 3 is 2.27 bits per heavy atom. The van der Waals surface area contributed by atoms with Gasteiger partial charge in [-0.15, -0.1) is 0 Å². The van der Waals surface area contributed by atoms with Crippen LogP contribution in [0.15, 0.2) is 35.1 Å². The van der Waals surface area contributed by atoms with Crippen molar-refractivity contribution in [1.82, 2.24) is 16.1 Å². The van der Waals surface area contributed by atoms with Crippen molar-refractivity contribution in [3.63, 3.8) is 0 Å². The number of likely N-dealkylation sites (N-methyl/N-ethyl adjacent to an activating group) is 1. The molecule has 2 bridgehead atoms. The maximum absolute atomic E-state index is 14.4. The minimum atomic E-state index is -2.05. The lowest BCUT2D eigenvalue weighted by atomic mass is 9.75. The van der Waals surface area contributed by atoms with Crippen molar-refractivity contribution in [2.75, 3.05) is 61.2 Å². The summed E-state index contributed by atoms with van der Waals surface area (Å²) in [6.07, 6.45) is -11.9. The summed E-state index contributed by atoms with van der Waals surface area (Å²) in [6.45, 7) is 6.79. The fraction of sp³-hybridized carbons (Fsp3) is 0.648. The first kappa shape index (κ1) is 67.6. The highest BCUT2D eigenvalue weighted by molar-refractivity contribution is 14.1. The second-order valence-electron chi connectivity index (χ2n) is 19.8. The molecule has 4 heterocycles. The number of aliphatic hydroxyl groups is 5. The first-order chi connectivity index (χ1) is 39.7. The first-order valence-corrected chi connectivity index (χ1v) is 32.3. The molecule has 0 aromatic heterocycles. The number of thioether (sulfide) groups is 1. The monoisotopic (exact) mass is 1350 g/mol. The molecule has 6 aliphatic rings. The number of hydrogen-bond donors (Lipinski definition) is 8. The standard InChI is InChI=1S/C54H72IN3O21S4/c1-24-36(44(68-7)48(70-9)45(38(24)55)78-51-43(63)46(69-8)41(61)26(3)75-51)50(64)82-49-27(4)73-35(20-30(49)59)79-58-39-25(2)74-52(47(42(39)62)77-34-21-33(67-6)29(56-5)23-72-34)76-32-16-14-12-13-15-18-54(66)22-31(60)40(57-53(65)71-10)37(32)28(54)17-19-81-83-80-11/h12-13,17,25-27,29-30,32-35,39,41-43,46-47,49,51-52,56,58-59,61-63,66H,19-23H2,1-11H3,(H,57,65). The Morgan fingerprint density at radius 2 is 1.60 bits per heavy atom. The number of methoxy groups -OCH3 is 5. The highest BCUT2D eigenvalue weighted by Crippen LogP contribution is 2.49. The number of carbonyl (C=O) groups excluding carboxylic acids is 3. The van der Waals surface area contributed by atoms with Crippen LogP contribution in [-0.4, -0.2) is 219 Å². The number of alkyl carbamates (subject to hydrolysis) is 1. The number of fused-ring (bicyclic) bond motifs is 2. The van der Waals surface area contributed by atoms with Gasteiger partial charge in [0.05, 0.1) is 97.0 Å². The van der Waals surface area contributed by atoms with Crippen LogP contribution in [0.3, 0.4) is 0 Å². The number of rotatable bonds is 21. The number of halogens is 1. The zero-order valence-corrected chi connectivity index (χ0v) is 52.9. The summed E-state index contributed by atoms with van der Waals surface area (Å²) in [5.74, 6) is 11.3. The van der Waals surface area contributed by atoms with E-state index in [-0.39, 0.29) is 71.2 Å². The van der Waals surface area contributed by atoms with Crippen LogP contribution < -0.4 is 30.3 Å². The summed E-state index contributed by atoms with van der Waals surface area (Å²) in [6, 6.07) is -1.28. The van der Waals surface area contributed by atoms with Gasteiger partial charge in [-0.3, -0.25) is 19.7 Å². The SMILES string of the molecule is CNC1COC(OC2C(OC3C#CC=CC#CC4(O)CC(=O)C(NC(=O)OC)=C3C4=CCSSSC)OC(C)C(NOC3CC(O)C(SC(=O)c4c(C)c(I)c(OC5OC(C)C(O)C(OC)C5O)c(OC)c4OC)C(C)O3)C2O)CC1OC. The average Bonchev–Trinajstić information content (AvgIpc) is 3.59. The molecule has 19 atom stereocenters. The minimum absolute atomic E-state index is 0.0170. The highest BCUT2D eigenvalue weighted by atomic mass is 127. The summed E-state index contributed by atoms with van der Waals surface area (Å²) in [5.41, 5.74) is 1.28. The number of ether oxygens (including phenoxy) is 12. The highest BCUT2D eigenvalue weighted by Gasteiger charge is 2.52. The van der Waals surface area contributed by atoms with Crippen LogP contribution in [0.1, 0.15) is 56.0 Å². The molecule has 0 radical (unpaired) electrons. The van der Waals surface area contributed by atoms with E-state index in [2.05, 4.69) is 39.8 Å². The Kier molecular flexibility index (Phi) is 25.1. The first-order valence-electron chi connectivity index (χ1n) is 26.3. The van der Waals surface area contributed by atoms with Gasteiger partial charge < -0.3 is 87.7 Å². The van der Waals surface area contributed by atoms with Gasteiger partial charge in [0.15, 0.2) is 41.8 Å². The molecule has 83 heavy (non-hydrogen) atoms. The van der Waals surface area contributed by atoms with E-state index < -0.39 is 127 Å². The summed E-state index contributed by atoms with van der Waals surface area (Å²) >= 11 is 2.82. The van der Waals surface area contributed by atoms with Gasteiger partial charge in [0, 0.05) is 44.0 Å². The van der Waals surface area contributed by atoms with Gasteiger partial charge >= 0.3 is 6.09 Å². The molecule has 7 rings (SSSR count). The molecule has 4 aliphatic heterocycles. The van der Waals surface area contributed by atoms with Crippen molar-refractivity contribution in [2.45, 2.75) is 162 Å². The Bertz CT molecular complexity index is 2690. The molecule has 1 aromatic rings. The largest absolute Gasteiger partial charge is 0.492 e. The number of allylic oxidation sites excluding steroid dienone is 3. The van der Waals surface area contributed by atoms with Gasteiger partial charge in [-0.2, -0.15) is 5.48 Å². The predicted molar refractivity (Wildman–Crippen MR) is 315 cm³/mol. The number of hydrogen-bond acceptors (Lipinski definition) is 27. The van der Waals surface area contributed by atoms with Crippen LogP contribution in [0, 0.1) is 34.2 Å². The van der Waals surface area contributed by atoms with E-state index >= 15 is 0 Å². The Balaban J connectivity index is 1.11. The van der Waals surface area contributed by atoms with Crippen LogP contribution in [0.25, 0.3) is 0 Å². The van der Waals surface area contributed by atoms with E-state index in [0.29, 0.717) is 14.9 Å². The molecule has 0 spiro atoms. The van der Waals surface area contributed by atoms with E-state index in [4.69, 9.17) is 61.7 Å². The number of amides is 1. The van der Waals surface area contributed by atoms with Gasteiger partial charge in [0.25, 0.3) is 0 Å². The van der Waals surface area contributed by atoms with E-state index in [9.17, 15) is 39.9 Å².